The van der Waals surface area contributed by atoms with Gasteiger partial charge in [-0.15, -0.1) is 0 Å². The third-order valence-electron chi connectivity index (χ3n) is 4.34. The van der Waals surface area contributed by atoms with Crippen molar-refractivity contribution in [3.05, 3.63) is 0 Å². The molecule has 2 aliphatic rings. The van der Waals surface area contributed by atoms with E-state index in [2.05, 4.69) is 29.5 Å². The fourth-order valence-corrected chi connectivity index (χ4v) is 3.78. The Morgan fingerprint density at radius 3 is 2.31 bits per heavy atom. The Hall–Kier alpha value is 0.690. The van der Waals surface area contributed by atoms with Gasteiger partial charge in [0, 0.05) is 4.43 Å². The van der Waals surface area contributed by atoms with Crippen molar-refractivity contribution in [1.29, 1.82) is 0 Å². The maximum Gasteiger partial charge on any atom is 0.0771 e. The van der Waals surface area contributed by atoms with E-state index in [4.69, 9.17) is 4.74 Å². The van der Waals surface area contributed by atoms with Crippen LogP contribution in [0.15, 0.2) is 0 Å². The molecule has 2 saturated carbocycles. The lowest BCUT2D eigenvalue weighted by Gasteiger charge is -2.32. The highest BCUT2D eigenvalue weighted by Crippen LogP contribution is 2.38. The molecule has 0 radical (unpaired) electrons. The van der Waals surface area contributed by atoms with E-state index in [1.807, 2.05) is 0 Å². The van der Waals surface area contributed by atoms with Crippen LogP contribution in [0.3, 0.4) is 0 Å². The van der Waals surface area contributed by atoms with Gasteiger partial charge >= 0.3 is 0 Å². The lowest BCUT2D eigenvalue weighted by molar-refractivity contribution is -0.0525. The Morgan fingerprint density at radius 1 is 1.19 bits per heavy atom. The molecule has 0 aromatic rings. The second-order valence-electron chi connectivity index (χ2n) is 5.86. The van der Waals surface area contributed by atoms with Gasteiger partial charge in [0.15, 0.2) is 0 Å². The topological polar surface area (TPSA) is 9.23 Å². The average Bonchev–Trinajstić information content (AvgIpc) is 3.13. The second kappa shape index (κ2) is 6.03. The summed E-state index contributed by atoms with van der Waals surface area (Å²) >= 11 is 2.53. The molecular weight excluding hydrogens is 311 g/mol. The standard InChI is InChI=1S/C14H25IO/c1-12(13-6-7-13)10-16-14(11-15)8-4-2-3-5-9-14/h12-13H,2-11H2,1H3. The van der Waals surface area contributed by atoms with E-state index in [9.17, 15) is 0 Å². The molecule has 0 bridgehead atoms. The van der Waals surface area contributed by atoms with E-state index in [0.29, 0.717) is 0 Å². The highest BCUT2D eigenvalue weighted by atomic mass is 127. The fraction of sp³-hybridized carbons (Fsp3) is 1.00. The summed E-state index contributed by atoms with van der Waals surface area (Å²) in [4.78, 5) is 0. The molecule has 0 aliphatic heterocycles. The van der Waals surface area contributed by atoms with Crippen LogP contribution in [0.25, 0.3) is 0 Å². The van der Waals surface area contributed by atoms with Crippen LogP contribution >= 0.6 is 22.6 Å². The Bertz CT molecular complexity index is 205. The number of ether oxygens (including phenoxy) is 1. The van der Waals surface area contributed by atoms with Crippen molar-refractivity contribution in [1.82, 2.24) is 0 Å². The third-order valence-corrected chi connectivity index (χ3v) is 5.73. The first-order chi connectivity index (χ1) is 7.76. The van der Waals surface area contributed by atoms with Gasteiger partial charge in [0.25, 0.3) is 0 Å². The highest BCUT2D eigenvalue weighted by Gasteiger charge is 2.34. The normalized spacial score (nSPS) is 27.4. The van der Waals surface area contributed by atoms with Gasteiger partial charge in [0.2, 0.25) is 0 Å². The molecule has 2 fully saturated rings. The summed E-state index contributed by atoms with van der Waals surface area (Å²) in [5, 5.41) is 0. The summed E-state index contributed by atoms with van der Waals surface area (Å²) in [6, 6.07) is 0. The number of hydrogen-bond acceptors (Lipinski definition) is 1. The summed E-state index contributed by atoms with van der Waals surface area (Å²) in [6.07, 6.45) is 11.1. The van der Waals surface area contributed by atoms with Crippen LogP contribution in [0.5, 0.6) is 0 Å². The van der Waals surface area contributed by atoms with E-state index in [-0.39, 0.29) is 5.60 Å². The van der Waals surface area contributed by atoms with E-state index >= 15 is 0 Å². The SMILES string of the molecule is CC(COC1(CI)CCCCCC1)C1CC1. The zero-order valence-electron chi connectivity index (χ0n) is 10.5. The van der Waals surface area contributed by atoms with Crippen LogP contribution in [0.2, 0.25) is 0 Å². The molecule has 1 unspecified atom stereocenters. The summed E-state index contributed by atoms with van der Waals surface area (Å²) in [6.45, 7) is 3.38. The van der Waals surface area contributed by atoms with Crippen LogP contribution in [0.4, 0.5) is 0 Å². The molecule has 16 heavy (non-hydrogen) atoms. The van der Waals surface area contributed by atoms with Gasteiger partial charge in [-0.2, -0.15) is 0 Å². The summed E-state index contributed by atoms with van der Waals surface area (Å²) in [5.41, 5.74) is 0.236. The van der Waals surface area contributed by atoms with Crippen molar-refractivity contribution >= 4 is 22.6 Å². The Morgan fingerprint density at radius 2 is 1.81 bits per heavy atom. The molecule has 2 rings (SSSR count). The Kier molecular flexibility index (Phi) is 4.95. The van der Waals surface area contributed by atoms with Crippen molar-refractivity contribution in [2.75, 3.05) is 11.0 Å². The largest absolute Gasteiger partial charge is 0.374 e. The average molecular weight is 336 g/mol. The van der Waals surface area contributed by atoms with Crippen LogP contribution in [0.1, 0.15) is 58.3 Å². The third kappa shape index (κ3) is 3.59. The van der Waals surface area contributed by atoms with Crippen LogP contribution in [0, 0.1) is 11.8 Å². The molecule has 1 atom stereocenters. The molecule has 2 heteroatoms. The van der Waals surface area contributed by atoms with Gasteiger partial charge in [-0.1, -0.05) is 55.2 Å². The highest BCUT2D eigenvalue weighted by molar-refractivity contribution is 14.1. The molecule has 2 aliphatic carbocycles. The summed E-state index contributed by atoms with van der Waals surface area (Å²) in [7, 11) is 0. The van der Waals surface area contributed by atoms with Gasteiger partial charge in [-0.3, -0.25) is 0 Å². The van der Waals surface area contributed by atoms with E-state index < -0.39 is 0 Å². The van der Waals surface area contributed by atoms with Crippen molar-refractivity contribution in [3.63, 3.8) is 0 Å². The molecular formula is C14H25IO. The quantitative estimate of drug-likeness (QED) is 0.406. The fourth-order valence-electron chi connectivity index (χ4n) is 2.80. The molecule has 0 amide bonds. The Balaban J connectivity index is 1.81. The van der Waals surface area contributed by atoms with Gasteiger partial charge in [0.1, 0.15) is 0 Å². The first-order valence-corrected chi connectivity index (χ1v) is 8.48. The molecule has 0 spiro atoms. The molecule has 0 aromatic carbocycles. The van der Waals surface area contributed by atoms with Crippen molar-refractivity contribution in [2.45, 2.75) is 63.9 Å². The smallest absolute Gasteiger partial charge is 0.0771 e. The van der Waals surface area contributed by atoms with E-state index in [1.54, 1.807) is 0 Å². The summed E-state index contributed by atoms with van der Waals surface area (Å²) in [5.74, 6) is 1.78. The number of rotatable bonds is 5. The minimum absolute atomic E-state index is 0.236. The first kappa shape index (κ1) is 13.1. The summed E-state index contributed by atoms with van der Waals surface area (Å²) < 4.78 is 7.54. The molecule has 0 aromatic heterocycles. The predicted octanol–water partition coefficient (Wildman–Crippen LogP) is 4.58. The van der Waals surface area contributed by atoms with Crippen LogP contribution < -0.4 is 0 Å². The van der Waals surface area contributed by atoms with Crippen molar-refractivity contribution in [2.24, 2.45) is 11.8 Å². The zero-order chi connectivity index (χ0) is 11.4. The molecule has 0 heterocycles. The van der Waals surface area contributed by atoms with Crippen LogP contribution in [-0.2, 0) is 4.74 Å². The van der Waals surface area contributed by atoms with Crippen molar-refractivity contribution in [3.8, 4) is 0 Å². The Labute approximate surface area is 114 Å². The molecule has 0 N–H and O–H groups in total. The maximum atomic E-state index is 6.36. The van der Waals surface area contributed by atoms with E-state index in [1.165, 1.54) is 55.8 Å². The monoisotopic (exact) mass is 336 g/mol. The minimum atomic E-state index is 0.236. The van der Waals surface area contributed by atoms with Gasteiger partial charge in [0.05, 0.1) is 12.2 Å². The van der Waals surface area contributed by atoms with Gasteiger partial charge in [-0.05, 0) is 37.5 Å². The maximum absolute atomic E-state index is 6.36. The number of halogens is 1. The second-order valence-corrected chi connectivity index (χ2v) is 6.62. The van der Waals surface area contributed by atoms with Crippen LogP contribution in [-0.4, -0.2) is 16.6 Å². The first-order valence-electron chi connectivity index (χ1n) is 6.96. The molecule has 94 valence electrons. The molecule has 0 saturated heterocycles. The minimum Gasteiger partial charge on any atom is -0.374 e. The lowest BCUT2D eigenvalue weighted by atomic mass is 9.96. The number of hydrogen-bond donors (Lipinski definition) is 0. The molecule has 1 nitrogen and oxygen atoms in total. The zero-order valence-corrected chi connectivity index (χ0v) is 12.7. The predicted molar refractivity (Wildman–Crippen MR) is 77.2 cm³/mol. The number of alkyl halides is 1. The van der Waals surface area contributed by atoms with Gasteiger partial charge in [-0.25, -0.2) is 0 Å². The van der Waals surface area contributed by atoms with Crippen molar-refractivity contribution < 1.29 is 4.74 Å². The van der Waals surface area contributed by atoms with Gasteiger partial charge < -0.3 is 4.74 Å². The van der Waals surface area contributed by atoms with E-state index in [0.717, 1.165) is 18.4 Å². The lowest BCUT2D eigenvalue weighted by Crippen LogP contribution is -2.35.